The van der Waals surface area contributed by atoms with Crippen LogP contribution in [-0.2, 0) is 10.8 Å². The maximum absolute atomic E-state index is 11.0. The summed E-state index contributed by atoms with van der Waals surface area (Å²) in [5.41, 5.74) is 2.47. The molecule has 0 aliphatic carbocycles. The summed E-state index contributed by atoms with van der Waals surface area (Å²) in [5.74, 6) is 5.82. The lowest BCUT2D eigenvalue weighted by atomic mass is 10.5. The Labute approximate surface area is 88.0 Å². The molecule has 0 aliphatic heterocycles. The van der Waals surface area contributed by atoms with Crippen LogP contribution in [-0.4, -0.2) is 34.8 Å². The molecular weight excluding hydrogens is 200 g/mol. The normalized spacial score (nSPS) is 16.1. The predicted octanol–water partition coefficient (Wildman–Crippen LogP) is -0.428. The van der Waals surface area contributed by atoms with Gasteiger partial charge in [-0.2, -0.15) is 0 Å². The van der Waals surface area contributed by atoms with Crippen LogP contribution in [0.2, 0.25) is 0 Å². The van der Waals surface area contributed by atoms with Crippen molar-refractivity contribution in [1.82, 2.24) is 10.7 Å². The Morgan fingerprint density at radius 2 is 2.29 bits per heavy atom. The van der Waals surface area contributed by atoms with Crippen molar-refractivity contribution < 1.29 is 4.21 Å². The summed E-state index contributed by atoms with van der Waals surface area (Å²) < 4.78 is 11.0. The summed E-state index contributed by atoms with van der Waals surface area (Å²) >= 11 is 0. The van der Waals surface area contributed by atoms with Crippen LogP contribution in [0.15, 0.2) is 4.99 Å². The van der Waals surface area contributed by atoms with Gasteiger partial charge in [-0.25, -0.2) is 5.84 Å². The molecule has 0 radical (unpaired) electrons. The van der Waals surface area contributed by atoms with Gasteiger partial charge in [-0.1, -0.05) is 6.92 Å². The van der Waals surface area contributed by atoms with Crippen molar-refractivity contribution in [3.63, 3.8) is 0 Å². The van der Waals surface area contributed by atoms with Crippen molar-refractivity contribution in [3.05, 3.63) is 0 Å². The number of guanidine groups is 1. The van der Waals surface area contributed by atoms with Crippen LogP contribution in [0.25, 0.3) is 0 Å². The summed E-state index contributed by atoms with van der Waals surface area (Å²) in [6, 6.07) is 0. The monoisotopic (exact) mass is 220 g/mol. The largest absolute Gasteiger partial charge is 0.355 e. The number of hydrogen-bond donors (Lipinski definition) is 3. The topological polar surface area (TPSA) is 79.5 Å². The molecule has 6 heteroatoms. The third-order valence-electron chi connectivity index (χ3n) is 1.75. The molecule has 0 fully saturated rings. The van der Waals surface area contributed by atoms with Crippen molar-refractivity contribution >= 4 is 16.8 Å². The first-order valence-corrected chi connectivity index (χ1v) is 6.31. The summed E-state index contributed by atoms with van der Waals surface area (Å²) in [5, 5.41) is 3.09. The molecule has 0 aromatic heterocycles. The van der Waals surface area contributed by atoms with Gasteiger partial charge in [0.25, 0.3) is 0 Å². The van der Waals surface area contributed by atoms with E-state index in [0.29, 0.717) is 12.5 Å². The third kappa shape index (κ3) is 5.93. The van der Waals surface area contributed by atoms with E-state index in [-0.39, 0.29) is 5.25 Å². The van der Waals surface area contributed by atoms with Crippen LogP contribution in [0.5, 0.6) is 0 Å². The minimum absolute atomic E-state index is 0.0572. The minimum atomic E-state index is -0.838. The Morgan fingerprint density at radius 3 is 2.71 bits per heavy atom. The molecule has 0 heterocycles. The molecule has 2 unspecified atom stereocenters. The fraction of sp³-hybridized carbons (Fsp3) is 0.875. The summed E-state index contributed by atoms with van der Waals surface area (Å²) in [7, 11) is -0.838. The number of nitrogens with two attached hydrogens (primary N) is 1. The maximum Gasteiger partial charge on any atom is 0.205 e. The Morgan fingerprint density at radius 1 is 1.64 bits per heavy atom. The van der Waals surface area contributed by atoms with E-state index in [1.54, 1.807) is 6.26 Å². The first-order chi connectivity index (χ1) is 6.61. The van der Waals surface area contributed by atoms with Gasteiger partial charge in [-0.05, 0) is 13.3 Å². The highest BCUT2D eigenvalue weighted by Crippen LogP contribution is 1.92. The van der Waals surface area contributed by atoms with Crippen LogP contribution < -0.4 is 16.6 Å². The smallest absolute Gasteiger partial charge is 0.205 e. The van der Waals surface area contributed by atoms with Gasteiger partial charge >= 0.3 is 0 Å². The second-order valence-corrected chi connectivity index (χ2v) is 4.87. The van der Waals surface area contributed by atoms with Crippen LogP contribution >= 0.6 is 0 Å². The Hall–Kier alpha value is -0.620. The second-order valence-electron chi connectivity index (χ2n) is 3.07. The number of nitrogens with zero attached hydrogens (tertiary/aromatic N) is 1. The van der Waals surface area contributed by atoms with E-state index in [1.165, 1.54) is 0 Å². The van der Waals surface area contributed by atoms with E-state index >= 15 is 0 Å². The highest BCUT2D eigenvalue weighted by atomic mass is 32.2. The average Bonchev–Trinajstić information content (AvgIpc) is 2.17. The molecule has 0 bridgehead atoms. The predicted molar refractivity (Wildman–Crippen MR) is 61.4 cm³/mol. The van der Waals surface area contributed by atoms with Crippen molar-refractivity contribution in [2.45, 2.75) is 25.5 Å². The van der Waals surface area contributed by atoms with E-state index < -0.39 is 10.8 Å². The molecule has 84 valence electrons. The summed E-state index contributed by atoms with van der Waals surface area (Å²) in [6.45, 7) is 5.30. The van der Waals surface area contributed by atoms with Gasteiger partial charge in [0.2, 0.25) is 5.96 Å². The van der Waals surface area contributed by atoms with Crippen molar-refractivity contribution in [2.75, 3.05) is 19.3 Å². The standard InChI is InChI=1S/C8H20N4OS/c1-4-5-10-8(12-9)11-6-7(2)14(3)13/h7H,4-6,9H2,1-3H3,(H2,10,11,12). The molecule has 5 nitrogen and oxygen atoms in total. The number of rotatable bonds is 5. The molecule has 0 spiro atoms. The summed E-state index contributed by atoms with van der Waals surface area (Å²) in [4.78, 5) is 4.18. The zero-order chi connectivity index (χ0) is 11.0. The zero-order valence-electron chi connectivity index (χ0n) is 9.04. The lowest BCUT2D eigenvalue weighted by Gasteiger charge is -2.09. The maximum atomic E-state index is 11.0. The molecule has 4 N–H and O–H groups in total. The fourth-order valence-corrected chi connectivity index (χ4v) is 1.01. The minimum Gasteiger partial charge on any atom is -0.355 e. The van der Waals surface area contributed by atoms with Gasteiger partial charge in [0, 0.05) is 23.6 Å². The molecule has 0 rings (SSSR count). The molecule has 0 amide bonds. The van der Waals surface area contributed by atoms with Gasteiger partial charge in [0.15, 0.2) is 0 Å². The molecule has 0 saturated carbocycles. The Balaban J connectivity index is 3.97. The van der Waals surface area contributed by atoms with E-state index in [1.807, 2.05) is 6.92 Å². The lowest BCUT2D eigenvalue weighted by molar-refractivity contribution is 0.677. The third-order valence-corrected chi connectivity index (χ3v) is 3.03. The Kier molecular flexibility index (Phi) is 7.41. The van der Waals surface area contributed by atoms with Crippen molar-refractivity contribution in [2.24, 2.45) is 10.8 Å². The summed E-state index contributed by atoms with van der Waals surface area (Å²) in [6.07, 6.45) is 2.69. The van der Waals surface area contributed by atoms with Crippen LogP contribution in [0.3, 0.4) is 0 Å². The first kappa shape index (κ1) is 13.4. The number of hydrogen-bond acceptors (Lipinski definition) is 3. The fourth-order valence-electron chi connectivity index (χ4n) is 0.721. The van der Waals surface area contributed by atoms with Crippen LogP contribution in [0.1, 0.15) is 20.3 Å². The van der Waals surface area contributed by atoms with Gasteiger partial charge in [0.1, 0.15) is 0 Å². The highest BCUT2D eigenvalue weighted by Gasteiger charge is 2.04. The van der Waals surface area contributed by atoms with E-state index in [0.717, 1.165) is 13.0 Å². The number of hydrazine groups is 1. The molecular formula is C8H20N4OS. The van der Waals surface area contributed by atoms with Gasteiger partial charge in [-0.15, -0.1) is 0 Å². The van der Waals surface area contributed by atoms with Crippen LogP contribution in [0, 0.1) is 0 Å². The van der Waals surface area contributed by atoms with Gasteiger partial charge in [-0.3, -0.25) is 14.6 Å². The number of nitrogens with one attached hydrogen (secondary N) is 2. The second kappa shape index (κ2) is 7.75. The van der Waals surface area contributed by atoms with Crippen molar-refractivity contribution in [1.29, 1.82) is 0 Å². The highest BCUT2D eigenvalue weighted by molar-refractivity contribution is 7.84. The van der Waals surface area contributed by atoms with Gasteiger partial charge < -0.3 is 5.32 Å². The van der Waals surface area contributed by atoms with Gasteiger partial charge in [0.05, 0.1) is 11.8 Å². The lowest BCUT2D eigenvalue weighted by Crippen LogP contribution is -2.42. The molecule has 2 atom stereocenters. The molecule has 0 aromatic carbocycles. The van der Waals surface area contributed by atoms with E-state index in [2.05, 4.69) is 22.7 Å². The number of aliphatic imine (C=N–C) groups is 1. The van der Waals surface area contributed by atoms with Crippen LogP contribution in [0.4, 0.5) is 0 Å². The average molecular weight is 220 g/mol. The zero-order valence-corrected chi connectivity index (χ0v) is 9.86. The molecule has 0 saturated heterocycles. The SMILES string of the molecule is CCCNC(=NCC(C)S(C)=O)NN. The molecule has 0 aromatic rings. The van der Waals surface area contributed by atoms with Crippen molar-refractivity contribution in [3.8, 4) is 0 Å². The van der Waals surface area contributed by atoms with E-state index in [9.17, 15) is 4.21 Å². The van der Waals surface area contributed by atoms with E-state index in [4.69, 9.17) is 5.84 Å². The quantitative estimate of drug-likeness (QED) is 0.254. The Bertz CT molecular complexity index is 208. The first-order valence-electron chi connectivity index (χ1n) is 4.69. The molecule has 14 heavy (non-hydrogen) atoms. The molecule has 0 aliphatic rings.